The molecule has 0 saturated carbocycles. The van der Waals surface area contributed by atoms with Crippen molar-refractivity contribution in [3.8, 4) is 0 Å². The molecule has 2 bridgehead atoms. The molecule has 2 atom stereocenters. The summed E-state index contributed by atoms with van der Waals surface area (Å²) in [6, 6.07) is 9.37. The lowest BCUT2D eigenvalue weighted by Gasteiger charge is -2.44. The first kappa shape index (κ1) is 22.5. The SMILES string of the molecule is COC(=O)C1=C(C(=O)OC)P2(=O)C(C(C)(C)C)=CC1(c1ccccc1)N2C(C)(C)C. The molecule has 0 radical (unpaired) electrons. The third-order valence-corrected chi connectivity index (χ3v) is 9.54. The first-order valence-electron chi connectivity index (χ1n) is 9.90. The van der Waals surface area contributed by atoms with Gasteiger partial charge in [0, 0.05) is 10.9 Å². The number of carbonyl (C=O) groups is 2. The molecule has 0 aliphatic carbocycles. The Kier molecular flexibility index (Phi) is 5.20. The number of nitrogens with zero attached hydrogens (tertiary/aromatic N) is 1. The largest absolute Gasteiger partial charge is 0.466 e. The highest BCUT2D eigenvalue weighted by atomic mass is 31.2. The molecule has 0 fully saturated rings. The summed E-state index contributed by atoms with van der Waals surface area (Å²) in [7, 11) is -1.18. The van der Waals surface area contributed by atoms with E-state index in [1.165, 1.54) is 14.2 Å². The second-order valence-electron chi connectivity index (χ2n) is 9.68. The second-order valence-corrected chi connectivity index (χ2v) is 12.2. The lowest BCUT2D eigenvalue weighted by Crippen LogP contribution is -2.49. The molecule has 0 N–H and O–H groups in total. The molecular formula is C23H30NO5P. The average molecular weight is 431 g/mol. The van der Waals surface area contributed by atoms with Crippen LogP contribution >= 0.6 is 7.29 Å². The van der Waals surface area contributed by atoms with Crippen LogP contribution in [0.4, 0.5) is 0 Å². The number of esters is 2. The summed E-state index contributed by atoms with van der Waals surface area (Å²) in [5.41, 5.74) is -1.53. The molecule has 30 heavy (non-hydrogen) atoms. The van der Waals surface area contributed by atoms with Crippen molar-refractivity contribution in [1.29, 1.82) is 0 Å². The van der Waals surface area contributed by atoms with Crippen LogP contribution in [0, 0.1) is 5.41 Å². The lowest BCUT2D eigenvalue weighted by atomic mass is 9.77. The van der Waals surface area contributed by atoms with E-state index in [4.69, 9.17) is 9.47 Å². The van der Waals surface area contributed by atoms with Gasteiger partial charge in [0.05, 0.1) is 19.8 Å². The summed E-state index contributed by atoms with van der Waals surface area (Å²) in [6.07, 6.45) is 1.91. The molecule has 3 rings (SSSR count). The molecule has 2 aliphatic rings. The van der Waals surface area contributed by atoms with Gasteiger partial charge in [0.15, 0.2) is 0 Å². The molecule has 2 unspecified atom stereocenters. The van der Waals surface area contributed by atoms with Gasteiger partial charge in [-0.1, -0.05) is 51.1 Å². The second kappa shape index (κ2) is 6.93. The number of carbonyl (C=O) groups excluding carboxylic acids is 2. The van der Waals surface area contributed by atoms with Crippen molar-refractivity contribution in [1.82, 2.24) is 4.67 Å². The Morgan fingerprint density at radius 2 is 1.47 bits per heavy atom. The Morgan fingerprint density at radius 3 is 1.90 bits per heavy atom. The highest BCUT2D eigenvalue weighted by Crippen LogP contribution is 2.83. The summed E-state index contributed by atoms with van der Waals surface area (Å²) in [5.74, 6) is -1.45. The normalized spacial score (nSPS) is 26.6. The fourth-order valence-corrected chi connectivity index (χ4v) is 9.14. The number of ether oxygens (including phenoxy) is 2. The average Bonchev–Trinajstić information content (AvgIpc) is 3.09. The minimum atomic E-state index is -3.68. The number of fused-ring (bicyclic) bond motifs is 2. The van der Waals surface area contributed by atoms with Crippen molar-refractivity contribution in [2.45, 2.75) is 52.6 Å². The minimum absolute atomic E-state index is 0.0781. The van der Waals surface area contributed by atoms with Crippen LogP contribution in [0.15, 0.2) is 52.6 Å². The molecule has 6 nitrogen and oxygen atoms in total. The maximum Gasteiger partial charge on any atom is 0.343 e. The van der Waals surface area contributed by atoms with Gasteiger partial charge in [-0.3, -0.25) is 4.57 Å². The van der Waals surface area contributed by atoms with E-state index >= 15 is 4.57 Å². The van der Waals surface area contributed by atoms with Gasteiger partial charge >= 0.3 is 11.9 Å². The number of methoxy groups -OCH3 is 2. The predicted molar refractivity (Wildman–Crippen MR) is 116 cm³/mol. The number of rotatable bonds is 3. The molecule has 0 amide bonds. The van der Waals surface area contributed by atoms with Crippen molar-refractivity contribution in [3.63, 3.8) is 0 Å². The van der Waals surface area contributed by atoms with E-state index in [2.05, 4.69) is 0 Å². The fraction of sp³-hybridized carbons (Fsp3) is 0.478. The number of benzene rings is 1. The summed E-state index contributed by atoms with van der Waals surface area (Å²) in [5, 5.41) is 0.560. The molecule has 0 spiro atoms. The summed E-state index contributed by atoms with van der Waals surface area (Å²) in [4.78, 5) is 26.2. The predicted octanol–water partition coefficient (Wildman–Crippen LogP) is 4.82. The molecule has 7 heteroatoms. The van der Waals surface area contributed by atoms with Crippen LogP contribution in [0.1, 0.15) is 47.1 Å². The van der Waals surface area contributed by atoms with Gasteiger partial charge in [-0.05, 0) is 37.8 Å². The Labute approximate surface area is 178 Å². The van der Waals surface area contributed by atoms with Crippen molar-refractivity contribution >= 4 is 19.2 Å². The number of hydrogen-bond acceptors (Lipinski definition) is 5. The van der Waals surface area contributed by atoms with Crippen molar-refractivity contribution in [3.05, 3.63) is 58.2 Å². The molecule has 2 heterocycles. The van der Waals surface area contributed by atoms with E-state index in [-0.39, 0.29) is 10.9 Å². The molecule has 162 valence electrons. The van der Waals surface area contributed by atoms with Gasteiger partial charge in [0.1, 0.15) is 10.9 Å². The van der Waals surface area contributed by atoms with Crippen LogP contribution in [-0.4, -0.2) is 36.4 Å². The zero-order valence-corrected chi connectivity index (χ0v) is 19.8. The Morgan fingerprint density at radius 1 is 0.933 bits per heavy atom. The van der Waals surface area contributed by atoms with Crippen molar-refractivity contribution in [2.75, 3.05) is 14.2 Å². The van der Waals surface area contributed by atoms with Crippen LogP contribution in [0.2, 0.25) is 0 Å². The van der Waals surface area contributed by atoms with Gasteiger partial charge < -0.3 is 9.47 Å². The van der Waals surface area contributed by atoms with E-state index in [0.29, 0.717) is 5.31 Å². The molecule has 1 aromatic rings. The molecule has 2 aliphatic heterocycles. The van der Waals surface area contributed by atoms with E-state index in [0.717, 1.165) is 5.56 Å². The first-order chi connectivity index (χ1) is 13.8. The maximum atomic E-state index is 15.0. The summed E-state index contributed by atoms with van der Waals surface area (Å²) < 4.78 is 27.0. The Bertz CT molecular complexity index is 1010. The van der Waals surface area contributed by atoms with E-state index in [1.54, 1.807) is 0 Å². The molecule has 0 aromatic heterocycles. The van der Waals surface area contributed by atoms with Gasteiger partial charge in [0.2, 0.25) is 7.29 Å². The first-order valence-corrected chi connectivity index (χ1v) is 11.6. The van der Waals surface area contributed by atoms with Gasteiger partial charge in [-0.2, -0.15) is 0 Å². The van der Waals surface area contributed by atoms with Crippen molar-refractivity contribution in [2.24, 2.45) is 5.41 Å². The zero-order chi connectivity index (χ0) is 22.7. The topological polar surface area (TPSA) is 72.9 Å². The molecule has 0 saturated heterocycles. The number of hydrogen-bond donors (Lipinski definition) is 0. The van der Waals surface area contributed by atoms with Crippen LogP contribution in [0.5, 0.6) is 0 Å². The molecular weight excluding hydrogens is 401 g/mol. The third kappa shape index (κ3) is 2.84. The lowest BCUT2D eigenvalue weighted by molar-refractivity contribution is -0.139. The monoisotopic (exact) mass is 431 g/mol. The highest BCUT2D eigenvalue weighted by molar-refractivity contribution is 7.72. The maximum absolute atomic E-state index is 15.0. The van der Waals surface area contributed by atoms with Crippen LogP contribution in [-0.2, 0) is 29.2 Å². The van der Waals surface area contributed by atoms with E-state index in [9.17, 15) is 9.59 Å². The summed E-state index contributed by atoms with van der Waals surface area (Å²) >= 11 is 0. The van der Waals surface area contributed by atoms with Crippen LogP contribution in [0.25, 0.3) is 0 Å². The molecule has 1 aromatic carbocycles. The van der Waals surface area contributed by atoms with Gasteiger partial charge in [0.25, 0.3) is 0 Å². The smallest absolute Gasteiger partial charge is 0.343 e. The van der Waals surface area contributed by atoms with Gasteiger partial charge in [-0.25, -0.2) is 14.3 Å². The Balaban J connectivity index is 2.58. The Hall–Kier alpha value is -2.17. The standard InChI is InChI=1S/C23H30NO5P/c1-21(2,3)16-14-23(15-12-10-9-11-13-15)17(19(25)28-7)18(20(26)29-8)30(16,27)24(23)22(4,5)6/h9-14H,1-8H3. The van der Waals surface area contributed by atoms with Crippen LogP contribution < -0.4 is 0 Å². The fourth-order valence-electron chi connectivity index (χ4n) is 4.75. The summed E-state index contributed by atoms with van der Waals surface area (Å²) in [6.45, 7) is 11.7. The van der Waals surface area contributed by atoms with Crippen LogP contribution in [0.3, 0.4) is 0 Å². The van der Waals surface area contributed by atoms with Crippen molar-refractivity contribution < 1.29 is 23.6 Å². The third-order valence-electron chi connectivity index (χ3n) is 5.59. The zero-order valence-electron chi connectivity index (χ0n) is 18.9. The number of allylic oxidation sites excluding steroid dienone is 1. The van der Waals surface area contributed by atoms with E-state index in [1.807, 2.05) is 82.6 Å². The van der Waals surface area contributed by atoms with E-state index < -0.39 is 35.7 Å². The quantitative estimate of drug-likeness (QED) is 0.505. The highest BCUT2D eigenvalue weighted by Gasteiger charge is 2.71. The van der Waals surface area contributed by atoms with Gasteiger partial charge in [-0.15, -0.1) is 0 Å². The minimum Gasteiger partial charge on any atom is -0.466 e.